The predicted octanol–water partition coefficient (Wildman–Crippen LogP) is 3.26. The van der Waals surface area contributed by atoms with Crippen LogP contribution in [0.3, 0.4) is 0 Å². The van der Waals surface area contributed by atoms with E-state index in [1.165, 1.54) is 0 Å². The molecule has 0 amide bonds. The number of nitrogens with two attached hydrogens (primary N) is 1. The van der Waals surface area contributed by atoms with Crippen molar-refractivity contribution < 1.29 is 5.11 Å². The van der Waals surface area contributed by atoms with Crippen LogP contribution in [0.4, 0.5) is 0 Å². The molecular formula is C12H19ClINO. The van der Waals surface area contributed by atoms with Crippen molar-refractivity contribution in [2.45, 2.75) is 38.3 Å². The monoisotopic (exact) mass is 355 g/mol. The zero-order valence-corrected chi connectivity index (χ0v) is 12.4. The average molecular weight is 356 g/mol. The van der Waals surface area contributed by atoms with Crippen molar-refractivity contribution in [1.29, 1.82) is 0 Å². The predicted molar refractivity (Wildman–Crippen MR) is 78.9 cm³/mol. The molecule has 0 unspecified atom stereocenters. The molecule has 0 aliphatic carbocycles. The first-order valence-corrected chi connectivity index (χ1v) is 6.42. The SMILES string of the molecule is CCCC[C@H](O)[C@H](N)c1cccc(I)c1.Cl. The first-order chi connectivity index (χ1) is 7.15. The highest BCUT2D eigenvalue weighted by atomic mass is 127. The van der Waals surface area contributed by atoms with Gasteiger partial charge in [0.1, 0.15) is 0 Å². The number of aliphatic hydroxyl groups is 1. The molecule has 92 valence electrons. The molecule has 1 aromatic rings. The standard InChI is InChI=1S/C12H18INO.ClH/c1-2-3-7-11(15)12(14)9-5-4-6-10(13)8-9;/h4-6,8,11-12,15H,2-3,7,14H2,1H3;1H/t11-,12+;/m0./s1. The molecule has 0 aromatic heterocycles. The van der Waals surface area contributed by atoms with Crippen LogP contribution in [-0.2, 0) is 0 Å². The zero-order chi connectivity index (χ0) is 11.3. The highest BCUT2D eigenvalue weighted by Gasteiger charge is 2.15. The quantitative estimate of drug-likeness (QED) is 0.796. The van der Waals surface area contributed by atoms with Gasteiger partial charge in [-0.1, -0.05) is 31.9 Å². The Morgan fingerprint density at radius 3 is 2.69 bits per heavy atom. The lowest BCUT2D eigenvalue weighted by Crippen LogP contribution is -2.26. The van der Waals surface area contributed by atoms with Gasteiger partial charge in [-0.05, 0) is 46.7 Å². The van der Waals surface area contributed by atoms with Crippen molar-refractivity contribution in [2.24, 2.45) is 5.73 Å². The van der Waals surface area contributed by atoms with Gasteiger partial charge in [0.25, 0.3) is 0 Å². The second-order valence-electron chi connectivity index (χ2n) is 3.79. The summed E-state index contributed by atoms with van der Waals surface area (Å²) in [5.74, 6) is 0. The van der Waals surface area contributed by atoms with Crippen LogP contribution in [0.5, 0.6) is 0 Å². The van der Waals surface area contributed by atoms with Crippen LogP contribution >= 0.6 is 35.0 Å². The fourth-order valence-corrected chi connectivity index (χ4v) is 2.10. The van der Waals surface area contributed by atoms with Gasteiger partial charge >= 0.3 is 0 Å². The van der Waals surface area contributed by atoms with Gasteiger partial charge in [-0.2, -0.15) is 0 Å². The highest BCUT2D eigenvalue weighted by Crippen LogP contribution is 2.19. The number of benzene rings is 1. The van der Waals surface area contributed by atoms with Gasteiger partial charge in [0.05, 0.1) is 12.1 Å². The molecule has 0 aliphatic rings. The fourth-order valence-electron chi connectivity index (χ4n) is 1.53. The minimum Gasteiger partial charge on any atom is -0.391 e. The van der Waals surface area contributed by atoms with Crippen LogP contribution in [0.1, 0.15) is 37.8 Å². The minimum absolute atomic E-state index is 0. The topological polar surface area (TPSA) is 46.2 Å². The van der Waals surface area contributed by atoms with Crippen LogP contribution in [0.25, 0.3) is 0 Å². The first-order valence-electron chi connectivity index (χ1n) is 5.34. The summed E-state index contributed by atoms with van der Waals surface area (Å²) in [7, 11) is 0. The Bertz CT molecular complexity index is 309. The summed E-state index contributed by atoms with van der Waals surface area (Å²) < 4.78 is 1.16. The third-order valence-electron chi connectivity index (χ3n) is 2.50. The van der Waals surface area contributed by atoms with E-state index < -0.39 is 6.10 Å². The van der Waals surface area contributed by atoms with Crippen molar-refractivity contribution in [3.8, 4) is 0 Å². The van der Waals surface area contributed by atoms with Crippen molar-refractivity contribution >= 4 is 35.0 Å². The molecule has 16 heavy (non-hydrogen) atoms. The molecule has 0 fully saturated rings. The maximum Gasteiger partial charge on any atom is 0.0732 e. The van der Waals surface area contributed by atoms with E-state index in [4.69, 9.17) is 5.73 Å². The van der Waals surface area contributed by atoms with E-state index in [1.54, 1.807) is 0 Å². The van der Waals surface area contributed by atoms with Crippen LogP contribution < -0.4 is 5.73 Å². The Kier molecular flexibility index (Phi) is 8.36. The van der Waals surface area contributed by atoms with E-state index in [-0.39, 0.29) is 18.4 Å². The molecule has 2 nitrogen and oxygen atoms in total. The van der Waals surface area contributed by atoms with Crippen LogP contribution in [0.15, 0.2) is 24.3 Å². The Balaban J connectivity index is 0.00000225. The highest BCUT2D eigenvalue weighted by molar-refractivity contribution is 14.1. The molecule has 0 saturated heterocycles. The van der Waals surface area contributed by atoms with E-state index in [0.29, 0.717) is 0 Å². The number of rotatable bonds is 5. The van der Waals surface area contributed by atoms with Gasteiger partial charge in [0.15, 0.2) is 0 Å². The summed E-state index contributed by atoms with van der Waals surface area (Å²) >= 11 is 2.25. The van der Waals surface area contributed by atoms with E-state index >= 15 is 0 Å². The van der Waals surface area contributed by atoms with Crippen molar-refractivity contribution in [2.75, 3.05) is 0 Å². The largest absolute Gasteiger partial charge is 0.391 e. The molecular weight excluding hydrogens is 336 g/mol. The van der Waals surface area contributed by atoms with Gasteiger partial charge in [0.2, 0.25) is 0 Å². The molecule has 1 rings (SSSR count). The van der Waals surface area contributed by atoms with Crippen molar-refractivity contribution in [3.05, 3.63) is 33.4 Å². The third kappa shape index (κ3) is 4.99. The van der Waals surface area contributed by atoms with Crippen LogP contribution in [-0.4, -0.2) is 11.2 Å². The van der Waals surface area contributed by atoms with Gasteiger partial charge in [-0.3, -0.25) is 0 Å². The smallest absolute Gasteiger partial charge is 0.0732 e. The molecule has 0 saturated carbocycles. The zero-order valence-electron chi connectivity index (χ0n) is 9.40. The summed E-state index contributed by atoms with van der Waals surface area (Å²) in [5.41, 5.74) is 7.01. The van der Waals surface area contributed by atoms with Crippen LogP contribution in [0, 0.1) is 3.57 Å². The number of hydrogen-bond acceptors (Lipinski definition) is 2. The van der Waals surface area contributed by atoms with Crippen molar-refractivity contribution in [1.82, 2.24) is 0 Å². The lowest BCUT2D eigenvalue weighted by molar-refractivity contribution is 0.132. The molecule has 4 heteroatoms. The van der Waals surface area contributed by atoms with Gasteiger partial charge in [-0.15, -0.1) is 12.4 Å². The summed E-state index contributed by atoms with van der Waals surface area (Å²) in [6.45, 7) is 2.11. The van der Waals surface area contributed by atoms with Gasteiger partial charge < -0.3 is 10.8 Å². The lowest BCUT2D eigenvalue weighted by Gasteiger charge is -2.19. The molecule has 3 N–H and O–H groups in total. The third-order valence-corrected chi connectivity index (χ3v) is 3.17. The Morgan fingerprint density at radius 1 is 1.44 bits per heavy atom. The van der Waals surface area contributed by atoms with E-state index in [1.807, 2.05) is 24.3 Å². The molecule has 0 heterocycles. The summed E-state index contributed by atoms with van der Waals surface area (Å²) in [6.07, 6.45) is 2.47. The summed E-state index contributed by atoms with van der Waals surface area (Å²) in [5, 5.41) is 9.87. The first kappa shape index (κ1) is 16.2. The normalized spacial score (nSPS) is 14.0. The molecule has 2 atom stereocenters. The molecule has 0 bridgehead atoms. The van der Waals surface area contributed by atoms with Crippen LogP contribution in [0.2, 0.25) is 0 Å². The second kappa shape index (κ2) is 8.28. The maximum absolute atomic E-state index is 9.87. The lowest BCUT2D eigenvalue weighted by atomic mass is 9.99. The Morgan fingerprint density at radius 2 is 2.12 bits per heavy atom. The summed E-state index contributed by atoms with van der Waals surface area (Å²) in [6, 6.07) is 7.74. The van der Waals surface area contributed by atoms with E-state index in [2.05, 4.69) is 29.5 Å². The molecule has 0 radical (unpaired) electrons. The van der Waals surface area contributed by atoms with Gasteiger partial charge in [0, 0.05) is 3.57 Å². The van der Waals surface area contributed by atoms with E-state index in [9.17, 15) is 5.11 Å². The average Bonchev–Trinajstić information content (AvgIpc) is 2.24. The Labute approximate surface area is 117 Å². The minimum atomic E-state index is -0.428. The Hall–Kier alpha value is 0.160. The number of hydrogen-bond donors (Lipinski definition) is 2. The summed E-state index contributed by atoms with van der Waals surface area (Å²) in [4.78, 5) is 0. The fraction of sp³-hybridized carbons (Fsp3) is 0.500. The number of unbranched alkanes of at least 4 members (excludes halogenated alkanes) is 1. The molecule has 1 aromatic carbocycles. The number of aliphatic hydroxyl groups excluding tert-OH is 1. The number of halogens is 2. The molecule has 0 aliphatic heterocycles. The van der Waals surface area contributed by atoms with E-state index in [0.717, 1.165) is 28.4 Å². The second-order valence-corrected chi connectivity index (χ2v) is 5.04. The molecule has 0 spiro atoms. The van der Waals surface area contributed by atoms with Gasteiger partial charge in [-0.25, -0.2) is 0 Å². The van der Waals surface area contributed by atoms with Crippen molar-refractivity contribution in [3.63, 3.8) is 0 Å². The maximum atomic E-state index is 9.87.